The maximum absolute atomic E-state index is 14.2. The molecule has 0 spiro atoms. The first-order valence-electron chi connectivity index (χ1n) is 13.1. The van der Waals surface area contributed by atoms with Crippen LogP contribution in [0.3, 0.4) is 0 Å². The van der Waals surface area contributed by atoms with E-state index >= 15 is 0 Å². The van der Waals surface area contributed by atoms with E-state index in [0.717, 1.165) is 42.3 Å². The lowest BCUT2D eigenvalue weighted by Crippen LogP contribution is -2.47. The van der Waals surface area contributed by atoms with Crippen LogP contribution in [0.25, 0.3) is 11.0 Å². The Bertz CT molecular complexity index is 1460. The Kier molecular flexibility index (Phi) is 7.40. The number of ether oxygens (including phenoxy) is 1. The summed E-state index contributed by atoms with van der Waals surface area (Å²) < 4.78 is 7.07. The summed E-state index contributed by atoms with van der Waals surface area (Å²) in [6.45, 7) is 3.91. The minimum Gasteiger partial charge on any atom is -0.497 e. The maximum atomic E-state index is 14.2. The maximum Gasteiger partial charge on any atom is 0.249 e. The molecule has 0 bridgehead atoms. The second kappa shape index (κ2) is 11.0. The van der Waals surface area contributed by atoms with E-state index < -0.39 is 6.04 Å². The molecule has 1 heterocycles. The molecule has 8 nitrogen and oxygen atoms in total. The molecule has 196 valence electrons. The van der Waals surface area contributed by atoms with Gasteiger partial charge in [0.25, 0.3) is 0 Å². The lowest BCUT2D eigenvalue weighted by molar-refractivity contribution is -0.127. The standard InChI is InChI=1S/C30H33N5O3/c1-20-15-16-26(21(2)17-20)35(28(36)19-34-27-14-7-6-13-25(27)32-33-34)29(22-9-8-12-24(18-22)38-3)30(37)31-23-10-4-5-11-23/h6-9,12-18,23,29H,4-5,10-11,19H2,1-3H3,(H,31,37). The van der Waals surface area contributed by atoms with Crippen LogP contribution in [-0.2, 0) is 16.1 Å². The van der Waals surface area contributed by atoms with Crippen LogP contribution in [0.5, 0.6) is 5.75 Å². The van der Waals surface area contributed by atoms with Crippen molar-refractivity contribution in [1.29, 1.82) is 0 Å². The number of carbonyl (C=O) groups excluding carboxylic acids is 2. The van der Waals surface area contributed by atoms with Crippen molar-refractivity contribution in [2.45, 2.75) is 58.2 Å². The van der Waals surface area contributed by atoms with Gasteiger partial charge in [-0.2, -0.15) is 0 Å². The van der Waals surface area contributed by atoms with Gasteiger partial charge in [-0.25, -0.2) is 4.68 Å². The van der Waals surface area contributed by atoms with Crippen molar-refractivity contribution in [3.05, 3.63) is 83.4 Å². The van der Waals surface area contributed by atoms with Gasteiger partial charge in [-0.15, -0.1) is 5.10 Å². The number of amides is 2. The minimum atomic E-state index is -0.894. The Morgan fingerprint density at radius 3 is 2.61 bits per heavy atom. The molecule has 3 aromatic carbocycles. The van der Waals surface area contributed by atoms with Crippen molar-refractivity contribution >= 4 is 28.5 Å². The van der Waals surface area contributed by atoms with Crippen LogP contribution >= 0.6 is 0 Å². The fourth-order valence-electron chi connectivity index (χ4n) is 5.31. The lowest BCUT2D eigenvalue weighted by Gasteiger charge is -2.33. The third-order valence-electron chi connectivity index (χ3n) is 7.20. The summed E-state index contributed by atoms with van der Waals surface area (Å²) in [5.74, 6) is 0.153. The molecule has 0 saturated heterocycles. The van der Waals surface area contributed by atoms with Crippen LogP contribution in [-0.4, -0.2) is 40.0 Å². The van der Waals surface area contributed by atoms with E-state index in [0.29, 0.717) is 22.5 Å². The first kappa shape index (κ1) is 25.4. The highest BCUT2D eigenvalue weighted by Crippen LogP contribution is 2.33. The van der Waals surface area contributed by atoms with E-state index in [-0.39, 0.29) is 24.4 Å². The Balaban J connectivity index is 1.61. The van der Waals surface area contributed by atoms with Gasteiger partial charge in [-0.3, -0.25) is 14.5 Å². The molecule has 1 fully saturated rings. The number of carbonyl (C=O) groups is 2. The smallest absolute Gasteiger partial charge is 0.249 e. The Morgan fingerprint density at radius 2 is 1.84 bits per heavy atom. The summed E-state index contributed by atoms with van der Waals surface area (Å²) >= 11 is 0. The number of aryl methyl sites for hydroxylation is 2. The number of para-hydroxylation sites is 1. The van der Waals surface area contributed by atoms with Crippen molar-refractivity contribution in [3.8, 4) is 5.75 Å². The van der Waals surface area contributed by atoms with Gasteiger partial charge in [0.1, 0.15) is 23.9 Å². The molecule has 38 heavy (non-hydrogen) atoms. The topological polar surface area (TPSA) is 89.4 Å². The summed E-state index contributed by atoms with van der Waals surface area (Å²) in [5, 5.41) is 11.7. The van der Waals surface area contributed by atoms with E-state index in [9.17, 15) is 9.59 Å². The van der Waals surface area contributed by atoms with E-state index in [1.165, 1.54) is 0 Å². The third-order valence-corrected chi connectivity index (χ3v) is 7.20. The fraction of sp³-hybridized carbons (Fsp3) is 0.333. The van der Waals surface area contributed by atoms with Gasteiger partial charge in [0.15, 0.2) is 0 Å². The van der Waals surface area contributed by atoms with Gasteiger partial charge >= 0.3 is 0 Å². The van der Waals surface area contributed by atoms with Crippen molar-refractivity contribution in [2.24, 2.45) is 0 Å². The average Bonchev–Trinajstić information content (AvgIpc) is 3.58. The average molecular weight is 512 g/mol. The van der Waals surface area contributed by atoms with Crippen LogP contribution in [0.1, 0.15) is 48.4 Å². The van der Waals surface area contributed by atoms with Crippen LogP contribution < -0.4 is 15.0 Å². The SMILES string of the molecule is COc1cccc(C(C(=O)NC2CCCC2)N(C(=O)Cn2nnc3ccccc32)c2ccc(C)cc2C)c1. The largest absolute Gasteiger partial charge is 0.497 e. The summed E-state index contributed by atoms with van der Waals surface area (Å²) in [4.78, 5) is 29.9. The van der Waals surface area contributed by atoms with Gasteiger partial charge in [0, 0.05) is 11.7 Å². The zero-order chi connectivity index (χ0) is 26.6. The molecular formula is C30H33N5O3. The number of methoxy groups -OCH3 is 1. The predicted molar refractivity (Wildman–Crippen MR) is 147 cm³/mol. The Hall–Kier alpha value is -4.20. The molecular weight excluding hydrogens is 478 g/mol. The quantitative estimate of drug-likeness (QED) is 0.364. The van der Waals surface area contributed by atoms with Crippen LogP contribution in [0.4, 0.5) is 5.69 Å². The molecule has 5 rings (SSSR count). The van der Waals surface area contributed by atoms with Gasteiger partial charge in [-0.05, 0) is 68.1 Å². The second-order valence-corrected chi connectivity index (χ2v) is 9.96. The molecule has 1 unspecified atom stereocenters. The third kappa shape index (κ3) is 5.25. The Labute approximate surface area is 222 Å². The van der Waals surface area contributed by atoms with Crippen LogP contribution in [0.2, 0.25) is 0 Å². The van der Waals surface area contributed by atoms with Crippen LogP contribution in [0.15, 0.2) is 66.7 Å². The predicted octanol–water partition coefficient (Wildman–Crippen LogP) is 4.89. The van der Waals surface area contributed by atoms with E-state index in [2.05, 4.69) is 15.6 Å². The normalized spacial score (nSPS) is 14.4. The number of benzene rings is 3. The number of rotatable bonds is 8. The van der Waals surface area contributed by atoms with Crippen molar-refractivity contribution in [2.75, 3.05) is 12.0 Å². The molecule has 1 atom stereocenters. The summed E-state index contributed by atoms with van der Waals surface area (Å²) in [7, 11) is 1.59. The molecule has 2 amide bonds. The number of hydrogen-bond donors (Lipinski definition) is 1. The van der Waals surface area contributed by atoms with Crippen LogP contribution in [0, 0.1) is 13.8 Å². The Morgan fingerprint density at radius 1 is 1.05 bits per heavy atom. The fourth-order valence-corrected chi connectivity index (χ4v) is 5.31. The molecule has 0 radical (unpaired) electrons. The highest BCUT2D eigenvalue weighted by Gasteiger charge is 2.35. The molecule has 1 aromatic heterocycles. The number of nitrogens with zero attached hydrogens (tertiary/aromatic N) is 4. The number of nitrogens with one attached hydrogen (secondary N) is 1. The van der Waals surface area contributed by atoms with Gasteiger partial charge < -0.3 is 10.1 Å². The monoisotopic (exact) mass is 511 g/mol. The first-order valence-corrected chi connectivity index (χ1v) is 13.1. The molecule has 1 aliphatic rings. The van der Waals surface area contributed by atoms with Gasteiger partial charge in [0.05, 0.1) is 12.6 Å². The summed E-state index contributed by atoms with van der Waals surface area (Å²) in [5.41, 5.74) is 4.81. The number of hydrogen-bond acceptors (Lipinski definition) is 5. The van der Waals surface area contributed by atoms with Gasteiger partial charge in [-0.1, -0.05) is 60.0 Å². The number of aromatic nitrogens is 3. The molecule has 1 N–H and O–H groups in total. The molecule has 4 aromatic rings. The van der Waals surface area contributed by atoms with Crippen molar-refractivity contribution < 1.29 is 14.3 Å². The lowest BCUT2D eigenvalue weighted by atomic mass is 10.00. The zero-order valence-electron chi connectivity index (χ0n) is 22.1. The van der Waals surface area contributed by atoms with E-state index in [1.807, 2.05) is 80.6 Å². The number of fused-ring (bicyclic) bond motifs is 1. The summed E-state index contributed by atoms with van der Waals surface area (Å²) in [6.07, 6.45) is 4.07. The second-order valence-electron chi connectivity index (χ2n) is 9.96. The summed E-state index contributed by atoms with van der Waals surface area (Å²) in [6, 6.07) is 20.0. The minimum absolute atomic E-state index is 0.0645. The van der Waals surface area contributed by atoms with E-state index in [4.69, 9.17) is 4.74 Å². The molecule has 0 aliphatic heterocycles. The molecule has 1 aliphatic carbocycles. The molecule has 1 saturated carbocycles. The molecule has 8 heteroatoms. The van der Waals surface area contributed by atoms with E-state index in [1.54, 1.807) is 16.7 Å². The highest BCUT2D eigenvalue weighted by atomic mass is 16.5. The van der Waals surface area contributed by atoms with Crippen molar-refractivity contribution in [3.63, 3.8) is 0 Å². The first-order chi connectivity index (χ1) is 18.4. The van der Waals surface area contributed by atoms with Crippen molar-refractivity contribution in [1.82, 2.24) is 20.3 Å². The number of anilines is 1. The zero-order valence-corrected chi connectivity index (χ0v) is 22.1. The highest BCUT2D eigenvalue weighted by molar-refractivity contribution is 6.02. The van der Waals surface area contributed by atoms with Gasteiger partial charge in [0.2, 0.25) is 11.8 Å².